The molecule has 0 saturated carbocycles. The van der Waals surface area contributed by atoms with Crippen molar-refractivity contribution in [1.82, 2.24) is 11.4 Å². The topological polar surface area (TPSA) is 45.1 Å². The Morgan fingerprint density at radius 2 is 2.00 bits per heavy atom. The molecule has 0 fully saturated rings. The minimum atomic E-state index is -0.0753. The minimum absolute atomic E-state index is 0.0753. The molecule has 0 aromatic heterocycles. The van der Waals surface area contributed by atoms with E-state index in [1.165, 1.54) is 0 Å². The molecule has 1 radical (unpaired) electrons. The second-order valence-corrected chi connectivity index (χ2v) is 2.27. The number of benzene rings is 1. The van der Waals surface area contributed by atoms with Crippen LogP contribution in [-0.4, -0.2) is 0 Å². The summed E-state index contributed by atoms with van der Waals surface area (Å²) in [4.78, 5) is 4.84. The summed E-state index contributed by atoms with van der Waals surface area (Å²) in [5.41, 5.74) is 2.98. The summed E-state index contributed by atoms with van der Waals surface area (Å²) in [6.45, 7) is 1.89. The van der Waals surface area contributed by atoms with Gasteiger partial charge >= 0.3 is 0 Å². The van der Waals surface area contributed by atoms with Crippen molar-refractivity contribution >= 4 is 0 Å². The molecule has 0 bridgehead atoms. The maximum absolute atomic E-state index is 6.61. The molecular formula is C8H11N2O. The van der Waals surface area contributed by atoms with E-state index in [0.717, 1.165) is 5.56 Å². The van der Waals surface area contributed by atoms with Gasteiger partial charge in [0, 0.05) is 0 Å². The van der Waals surface area contributed by atoms with Crippen LogP contribution in [0.3, 0.4) is 0 Å². The fraction of sp³-hybridized carbons (Fsp3) is 0.250. The quantitative estimate of drug-likeness (QED) is 0.665. The van der Waals surface area contributed by atoms with Crippen LogP contribution in [0.1, 0.15) is 18.6 Å². The Kier molecular flexibility index (Phi) is 3.04. The number of nitrogens with one attached hydrogen (secondary N) is 2. The summed E-state index contributed by atoms with van der Waals surface area (Å²) in [5.74, 6) is 6.61. The van der Waals surface area contributed by atoms with Gasteiger partial charge in [-0.1, -0.05) is 30.3 Å². The van der Waals surface area contributed by atoms with Gasteiger partial charge in [0.15, 0.2) is 0 Å². The van der Waals surface area contributed by atoms with Crippen LogP contribution in [0.4, 0.5) is 0 Å². The van der Waals surface area contributed by atoms with E-state index in [9.17, 15) is 0 Å². The summed E-state index contributed by atoms with van der Waals surface area (Å²) >= 11 is 0. The summed E-state index contributed by atoms with van der Waals surface area (Å²) in [6.07, 6.45) is -0.0753. The van der Waals surface area contributed by atoms with E-state index in [4.69, 9.17) is 10.7 Å². The van der Waals surface area contributed by atoms with Crippen molar-refractivity contribution in [2.24, 2.45) is 0 Å². The van der Waals surface area contributed by atoms with Crippen molar-refractivity contribution in [3.8, 4) is 0 Å². The lowest BCUT2D eigenvalue weighted by atomic mass is 10.1. The van der Waals surface area contributed by atoms with E-state index in [2.05, 4.69) is 0 Å². The lowest BCUT2D eigenvalue weighted by molar-refractivity contribution is -0.0217. The van der Waals surface area contributed by atoms with Gasteiger partial charge in [-0.2, -0.15) is 5.84 Å². The third-order valence-corrected chi connectivity index (χ3v) is 1.50. The molecule has 1 aromatic carbocycles. The maximum atomic E-state index is 6.61. The zero-order valence-corrected chi connectivity index (χ0v) is 6.37. The standard InChI is InChI=1S/C8H11N2O/c1-7(11-10-9)8-5-3-2-4-6-8/h2-7,9-10H,1H3. The Labute approximate surface area is 66.1 Å². The number of hydrogen-bond donors (Lipinski definition) is 1. The van der Waals surface area contributed by atoms with Gasteiger partial charge in [0.1, 0.15) is 6.10 Å². The van der Waals surface area contributed by atoms with Crippen molar-refractivity contribution in [2.75, 3.05) is 0 Å². The first-order valence-electron chi connectivity index (χ1n) is 3.47. The highest BCUT2D eigenvalue weighted by Gasteiger charge is 2.02. The van der Waals surface area contributed by atoms with Crippen molar-refractivity contribution in [3.63, 3.8) is 0 Å². The Bertz CT molecular complexity index is 201. The molecule has 0 spiro atoms. The zero-order chi connectivity index (χ0) is 8.10. The van der Waals surface area contributed by atoms with E-state index in [1.807, 2.05) is 42.8 Å². The van der Waals surface area contributed by atoms with E-state index in [-0.39, 0.29) is 6.10 Å². The van der Waals surface area contributed by atoms with Gasteiger partial charge in [-0.25, -0.2) is 0 Å². The van der Waals surface area contributed by atoms with Crippen molar-refractivity contribution in [2.45, 2.75) is 13.0 Å². The van der Waals surface area contributed by atoms with Crippen LogP contribution in [0.5, 0.6) is 0 Å². The van der Waals surface area contributed by atoms with Gasteiger partial charge in [0.05, 0.1) is 0 Å². The van der Waals surface area contributed by atoms with Crippen molar-refractivity contribution < 1.29 is 4.84 Å². The minimum Gasteiger partial charge on any atom is -0.278 e. The highest BCUT2D eigenvalue weighted by molar-refractivity contribution is 5.16. The van der Waals surface area contributed by atoms with Gasteiger partial charge in [-0.3, -0.25) is 4.84 Å². The van der Waals surface area contributed by atoms with Gasteiger partial charge in [0.2, 0.25) is 0 Å². The molecule has 1 atom stereocenters. The fourth-order valence-electron chi connectivity index (χ4n) is 0.880. The van der Waals surface area contributed by atoms with Gasteiger partial charge in [0.25, 0.3) is 0 Å². The van der Waals surface area contributed by atoms with Crippen LogP contribution >= 0.6 is 0 Å². The lowest BCUT2D eigenvalue weighted by Crippen LogP contribution is -2.13. The molecule has 0 heterocycles. The SMILES string of the molecule is CC(ON[NH])c1ccccc1. The average Bonchev–Trinajstić information content (AvgIpc) is 2.07. The largest absolute Gasteiger partial charge is 0.278 e. The molecule has 0 aliphatic carbocycles. The van der Waals surface area contributed by atoms with Crippen molar-refractivity contribution in [3.05, 3.63) is 35.9 Å². The normalized spacial score (nSPS) is 12.9. The summed E-state index contributed by atoms with van der Waals surface area (Å²) in [7, 11) is 0. The van der Waals surface area contributed by atoms with Crippen LogP contribution in [-0.2, 0) is 4.84 Å². The smallest absolute Gasteiger partial charge is 0.103 e. The first-order valence-corrected chi connectivity index (χ1v) is 3.47. The van der Waals surface area contributed by atoms with E-state index in [0.29, 0.717) is 0 Å². The van der Waals surface area contributed by atoms with Crippen LogP contribution in [0.2, 0.25) is 0 Å². The number of rotatable bonds is 3. The van der Waals surface area contributed by atoms with Crippen molar-refractivity contribution in [1.29, 1.82) is 0 Å². The molecule has 0 saturated heterocycles. The van der Waals surface area contributed by atoms with Crippen LogP contribution in [0.25, 0.3) is 0 Å². The molecule has 0 aliphatic heterocycles. The molecule has 0 aliphatic rings. The molecule has 0 amide bonds. The average molecular weight is 151 g/mol. The maximum Gasteiger partial charge on any atom is 0.103 e. The third-order valence-electron chi connectivity index (χ3n) is 1.50. The van der Waals surface area contributed by atoms with Crippen LogP contribution in [0.15, 0.2) is 30.3 Å². The molecule has 1 rings (SSSR count). The zero-order valence-electron chi connectivity index (χ0n) is 6.37. The second kappa shape index (κ2) is 4.08. The van der Waals surface area contributed by atoms with E-state index in [1.54, 1.807) is 0 Å². The molecule has 1 aromatic rings. The first-order chi connectivity index (χ1) is 5.34. The van der Waals surface area contributed by atoms with E-state index >= 15 is 0 Å². The number of hydrogen-bond acceptors (Lipinski definition) is 2. The highest BCUT2D eigenvalue weighted by Crippen LogP contribution is 2.13. The highest BCUT2D eigenvalue weighted by atomic mass is 16.7. The van der Waals surface area contributed by atoms with Gasteiger partial charge in [-0.15, -0.1) is 5.59 Å². The molecule has 1 unspecified atom stereocenters. The Morgan fingerprint density at radius 3 is 2.55 bits per heavy atom. The van der Waals surface area contributed by atoms with Gasteiger partial charge in [-0.05, 0) is 12.5 Å². The molecule has 11 heavy (non-hydrogen) atoms. The second-order valence-electron chi connectivity index (χ2n) is 2.27. The van der Waals surface area contributed by atoms with Crippen LogP contribution in [0, 0.1) is 0 Å². The molecular weight excluding hydrogens is 140 g/mol. The van der Waals surface area contributed by atoms with Gasteiger partial charge < -0.3 is 0 Å². The fourth-order valence-corrected chi connectivity index (χ4v) is 0.880. The summed E-state index contributed by atoms with van der Waals surface area (Å²) < 4.78 is 0. The van der Waals surface area contributed by atoms with E-state index < -0.39 is 0 Å². The monoisotopic (exact) mass is 151 g/mol. The molecule has 3 nitrogen and oxygen atoms in total. The summed E-state index contributed by atoms with van der Waals surface area (Å²) in [6, 6.07) is 9.76. The predicted molar refractivity (Wildman–Crippen MR) is 42.2 cm³/mol. The first kappa shape index (κ1) is 8.20. The molecule has 59 valence electrons. The third kappa shape index (κ3) is 2.31. The Morgan fingerprint density at radius 1 is 1.36 bits per heavy atom. The van der Waals surface area contributed by atoms with Crippen LogP contribution < -0.4 is 11.4 Å². The molecule has 3 heteroatoms. The predicted octanol–water partition coefficient (Wildman–Crippen LogP) is 1.47. The molecule has 2 N–H and O–H groups in total. The Hall–Kier alpha value is -0.900. The summed E-state index contributed by atoms with van der Waals surface area (Å²) in [5, 5.41) is 0. The Balaban J connectivity index is 2.61. The lowest BCUT2D eigenvalue weighted by Gasteiger charge is -2.09.